The van der Waals surface area contributed by atoms with Crippen molar-refractivity contribution in [2.24, 2.45) is 0 Å². The average Bonchev–Trinajstić information content (AvgIpc) is 3.33. The van der Waals surface area contributed by atoms with Crippen molar-refractivity contribution in [2.45, 2.75) is 18.6 Å². The van der Waals surface area contributed by atoms with Crippen molar-refractivity contribution < 1.29 is 19.0 Å². The largest absolute Gasteiger partial charge is 0.497 e. The smallest absolute Gasteiger partial charge is 0.257 e. The van der Waals surface area contributed by atoms with Crippen molar-refractivity contribution in [1.82, 2.24) is 20.7 Å². The van der Waals surface area contributed by atoms with Gasteiger partial charge in [0.25, 0.3) is 5.91 Å². The molecule has 2 atom stereocenters. The summed E-state index contributed by atoms with van der Waals surface area (Å²) >= 11 is 0. The SMILES string of the molecule is COc1ccc(C2CC(N3CCN(C(=O)c4ccc(OC)cc4OC)CC3)NN2)cc1. The number of piperazine rings is 1. The highest BCUT2D eigenvalue weighted by Gasteiger charge is 2.33. The van der Waals surface area contributed by atoms with Crippen LogP contribution < -0.4 is 25.1 Å². The lowest BCUT2D eigenvalue weighted by atomic mass is 10.0. The molecule has 2 unspecified atom stereocenters. The fourth-order valence-electron chi connectivity index (χ4n) is 4.22. The van der Waals surface area contributed by atoms with Crippen LogP contribution in [0.15, 0.2) is 42.5 Å². The van der Waals surface area contributed by atoms with E-state index in [-0.39, 0.29) is 18.1 Å². The Morgan fingerprint density at radius 3 is 2.19 bits per heavy atom. The molecule has 8 heteroatoms. The van der Waals surface area contributed by atoms with Gasteiger partial charge in [-0.1, -0.05) is 12.1 Å². The Labute approximate surface area is 183 Å². The van der Waals surface area contributed by atoms with Gasteiger partial charge < -0.3 is 19.1 Å². The van der Waals surface area contributed by atoms with Gasteiger partial charge >= 0.3 is 0 Å². The van der Waals surface area contributed by atoms with Crippen LogP contribution >= 0.6 is 0 Å². The first kappa shape index (κ1) is 21.4. The summed E-state index contributed by atoms with van der Waals surface area (Å²) in [6.45, 7) is 3.00. The Morgan fingerprint density at radius 1 is 0.871 bits per heavy atom. The second kappa shape index (κ2) is 9.55. The minimum absolute atomic E-state index is 0.00670. The van der Waals surface area contributed by atoms with Crippen molar-refractivity contribution in [3.05, 3.63) is 53.6 Å². The third-order valence-corrected chi connectivity index (χ3v) is 6.08. The van der Waals surface area contributed by atoms with Crippen molar-refractivity contribution in [3.8, 4) is 17.2 Å². The van der Waals surface area contributed by atoms with Gasteiger partial charge in [0, 0.05) is 38.3 Å². The van der Waals surface area contributed by atoms with Gasteiger partial charge in [0.1, 0.15) is 17.2 Å². The molecule has 8 nitrogen and oxygen atoms in total. The third-order valence-electron chi connectivity index (χ3n) is 6.08. The van der Waals surface area contributed by atoms with Gasteiger partial charge in [-0.15, -0.1) is 0 Å². The lowest BCUT2D eigenvalue weighted by Crippen LogP contribution is -2.55. The number of ether oxygens (including phenoxy) is 3. The van der Waals surface area contributed by atoms with Crippen LogP contribution in [-0.4, -0.2) is 69.4 Å². The van der Waals surface area contributed by atoms with E-state index in [2.05, 4.69) is 27.9 Å². The van der Waals surface area contributed by atoms with Crippen molar-refractivity contribution in [3.63, 3.8) is 0 Å². The predicted octanol–water partition coefficient (Wildman–Crippen LogP) is 2.04. The molecule has 166 valence electrons. The van der Waals surface area contributed by atoms with Gasteiger partial charge in [-0.05, 0) is 36.2 Å². The Balaban J connectivity index is 1.33. The highest BCUT2D eigenvalue weighted by Crippen LogP contribution is 2.28. The summed E-state index contributed by atoms with van der Waals surface area (Å²) in [5, 5.41) is 0. The number of rotatable bonds is 6. The summed E-state index contributed by atoms with van der Waals surface area (Å²) in [7, 11) is 4.84. The van der Waals surface area contributed by atoms with Gasteiger partial charge in [0.15, 0.2) is 0 Å². The molecule has 0 spiro atoms. The molecule has 2 aliphatic heterocycles. The van der Waals surface area contributed by atoms with Crippen LogP contribution in [-0.2, 0) is 0 Å². The van der Waals surface area contributed by atoms with E-state index in [4.69, 9.17) is 14.2 Å². The molecule has 2 heterocycles. The first-order valence-electron chi connectivity index (χ1n) is 10.5. The molecule has 2 aromatic carbocycles. The quantitative estimate of drug-likeness (QED) is 0.732. The lowest BCUT2D eigenvalue weighted by Gasteiger charge is -2.37. The maximum Gasteiger partial charge on any atom is 0.257 e. The number of nitrogens with one attached hydrogen (secondary N) is 2. The number of hydrogen-bond acceptors (Lipinski definition) is 7. The first-order chi connectivity index (χ1) is 15.1. The van der Waals surface area contributed by atoms with E-state index in [0.29, 0.717) is 30.2 Å². The topological polar surface area (TPSA) is 75.3 Å². The average molecular weight is 427 g/mol. The molecule has 2 saturated heterocycles. The van der Waals surface area contributed by atoms with Gasteiger partial charge in [0.2, 0.25) is 0 Å². The first-order valence-corrected chi connectivity index (χ1v) is 10.5. The predicted molar refractivity (Wildman–Crippen MR) is 117 cm³/mol. The third kappa shape index (κ3) is 4.61. The fourth-order valence-corrected chi connectivity index (χ4v) is 4.22. The van der Waals surface area contributed by atoms with Gasteiger partial charge in [-0.2, -0.15) is 0 Å². The molecule has 0 bridgehead atoms. The molecule has 0 aromatic heterocycles. The number of carbonyl (C=O) groups excluding carboxylic acids is 1. The van der Waals surface area contributed by atoms with E-state index < -0.39 is 0 Å². The summed E-state index contributed by atoms with van der Waals surface area (Å²) in [5.41, 5.74) is 8.62. The van der Waals surface area contributed by atoms with E-state index in [1.54, 1.807) is 39.5 Å². The number of hydrogen-bond donors (Lipinski definition) is 2. The highest BCUT2D eigenvalue weighted by molar-refractivity contribution is 5.97. The summed E-state index contributed by atoms with van der Waals surface area (Å²) in [4.78, 5) is 17.3. The van der Waals surface area contributed by atoms with E-state index in [0.717, 1.165) is 25.3 Å². The second-order valence-corrected chi connectivity index (χ2v) is 7.76. The summed E-state index contributed by atoms with van der Waals surface area (Å²) in [6.07, 6.45) is 1.20. The van der Waals surface area contributed by atoms with Crippen LogP contribution in [0, 0.1) is 0 Å². The molecule has 2 aliphatic rings. The van der Waals surface area contributed by atoms with Crippen molar-refractivity contribution in [2.75, 3.05) is 47.5 Å². The Kier molecular flexibility index (Phi) is 6.60. The molecule has 2 N–H and O–H groups in total. The van der Waals surface area contributed by atoms with Crippen LogP contribution in [0.1, 0.15) is 28.4 Å². The Morgan fingerprint density at radius 2 is 1.55 bits per heavy atom. The number of carbonyl (C=O) groups is 1. The molecular formula is C23H30N4O4. The van der Waals surface area contributed by atoms with Gasteiger partial charge in [0.05, 0.1) is 33.1 Å². The van der Waals surface area contributed by atoms with Crippen LogP contribution in [0.2, 0.25) is 0 Å². The molecular weight excluding hydrogens is 396 g/mol. The van der Waals surface area contributed by atoms with E-state index in [9.17, 15) is 4.79 Å². The molecule has 2 aromatic rings. The lowest BCUT2D eigenvalue weighted by molar-refractivity contribution is 0.0542. The van der Waals surface area contributed by atoms with E-state index in [1.807, 2.05) is 17.0 Å². The number of methoxy groups -OCH3 is 3. The number of hydrazine groups is 1. The molecule has 2 fully saturated rings. The number of amides is 1. The second-order valence-electron chi connectivity index (χ2n) is 7.76. The molecule has 1 amide bonds. The number of benzene rings is 2. The molecule has 0 saturated carbocycles. The zero-order valence-corrected chi connectivity index (χ0v) is 18.3. The van der Waals surface area contributed by atoms with Crippen LogP contribution in [0.3, 0.4) is 0 Å². The Bertz CT molecular complexity index is 897. The van der Waals surface area contributed by atoms with Gasteiger partial charge in [-0.3, -0.25) is 9.69 Å². The maximum absolute atomic E-state index is 13.0. The van der Waals surface area contributed by atoms with Crippen LogP contribution in [0.5, 0.6) is 17.2 Å². The van der Waals surface area contributed by atoms with E-state index >= 15 is 0 Å². The van der Waals surface area contributed by atoms with Crippen molar-refractivity contribution >= 4 is 5.91 Å². The zero-order valence-electron chi connectivity index (χ0n) is 18.3. The standard InChI is InChI=1S/C23H30N4O4/c1-29-17-6-4-16(5-7-17)20-15-22(25-24-20)26-10-12-27(13-11-26)23(28)19-9-8-18(30-2)14-21(19)31-3/h4-9,14,20,22,24-25H,10-13,15H2,1-3H3. The molecule has 31 heavy (non-hydrogen) atoms. The minimum atomic E-state index is -0.00670. The molecule has 4 rings (SSSR count). The van der Waals surface area contributed by atoms with Crippen LogP contribution in [0.25, 0.3) is 0 Å². The zero-order chi connectivity index (χ0) is 21.8. The molecule has 0 radical (unpaired) electrons. The summed E-state index contributed by atoms with van der Waals surface area (Å²) in [5.74, 6) is 2.06. The highest BCUT2D eigenvalue weighted by atomic mass is 16.5. The van der Waals surface area contributed by atoms with Crippen molar-refractivity contribution in [1.29, 1.82) is 0 Å². The summed E-state index contributed by atoms with van der Waals surface area (Å²) < 4.78 is 15.9. The number of nitrogens with zero attached hydrogens (tertiary/aromatic N) is 2. The molecule has 0 aliphatic carbocycles. The maximum atomic E-state index is 13.0. The van der Waals surface area contributed by atoms with Gasteiger partial charge in [-0.25, -0.2) is 10.9 Å². The Hall–Kier alpha value is -2.81. The summed E-state index contributed by atoms with van der Waals surface area (Å²) in [6, 6.07) is 13.7. The fraction of sp³-hybridized carbons (Fsp3) is 0.435. The van der Waals surface area contributed by atoms with Crippen LogP contribution in [0.4, 0.5) is 0 Å². The monoisotopic (exact) mass is 426 g/mol. The minimum Gasteiger partial charge on any atom is -0.497 e. The van der Waals surface area contributed by atoms with E-state index in [1.165, 1.54) is 5.56 Å². The normalized spacial score (nSPS) is 21.7.